The van der Waals surface area contributed by atoms with E-state index >= 15 is 0 Å². The molecule has 2 N–H and O–H groups in total. The Bertz CT molecular complexity index is 597. The summed E-state index contributed by atoms with van der Waals surface area (Å²) in [5.74, 6) is 0.145. The lowest BCUT2D eigenvalue weighted by molar-refractivity contribution is 0.0937. The van der Waals surface area contributed by atoms with E-state index in [4.69, 9.17) is 4.74 Å². The molecule has 1 aromatic carbocycles. The number of hydrogen-bond donors (Lipinski definition) is 2. The molecule has 1 amide bonds. The maximum absolute atomic E-state index is 12.1. The molecule has 1 aromatic rings. The van der Waals surface area contributed by atoms with Gasteiger partial charge in [-0.25, -0.2) is 13.1 Å². The number of benzene rings is 1. The summed E-state index contributed by atoms with van der Waals surface area (Å²) in [4.78, 5) is 12.0. The summed E-state index contributed by atoms with van der Waals surface area (Å²) in [6.07, 6.45) is 2.15. The largest absolute Gasteiger partial charge is 0.383 e. The topological polar surface area (TPSA) is 84.5 Å². The van der Waals surface area contributed by atoms with Crippen molar-refractivity contribution in [3.05, 3.63) is 29.8 Å². The van der Waals surface area contributed by atoms with Crippen LogP contribution >= 0.6 is 0 Å². The Labute approximate surface area is 124 Å². The van der Waals surface area contributed by atoms with E-state index < -0.39 is 10.0 Å². The molecule has 6 nitrogen and oxygen atoms in total. The number of amides is 1. The predicted octanol–water partition coefficient (Wildman–Crippen LogP) is 0.751. The molecule has 2 rings (SSSR count). The second-order valence-corrected chi connectivity index (χ2v) is 6.84. The van der Waals surface area contributed by atoms with Crippen molar-refractivity contribution in [2.24, 2.45) is 5.92 Å². The van der Waals surface area contributed by atoms with Crippen molar-refractivity contribution in [2.75, 3.05) is 26.8 Å². The lowest BCUT2D eigenvalue weighted by Crippen LogP contribution is -2.28. The molecule has 1 aliphatic carbocycles. The molecule has 21 heavy (non-hydrogen) atoms. The Balaban J connectivity index is 2.03. The average Bonchev–Trinajstić information content (AvgIpc) is 3.30. The summed E-state index contributed by atoms with van der Waals surface area (Å²) in [7, 11) is -2.00. The quantitative estimate of drug-likeness (QED) is 0.694. The number of ether oxygens (including phenoxy) is 1. The SMILES string of the molecule is COCCNC(=O)c1cccc(S(=O)(=O)NCC2CC2)c1. The molecule has 1 fully saturated rings. The Morgan fingerprint density at radius 3 is 2.81 bits per heavy atom. The van der Waals surface area contributed by atoms with E-state index in [0.29, 0.717) is 31.2 Å². The summed E-state index contributed by atoms with van der Waals surface area (Å²) in [6.45, 7) is 1.26. The average molecular weight is 312 g/mol. The molecule has 0 heterocycles. The van der Waals surface area contributed by atoms with Crippen molar-refractivity contribution < 1.29 is 17.9 Å². The molecule has 0 saturated heterocycles. The van der Waals surface area contributed by atoms with Crippen LogP contribution < -0.4 is 10.0 Å². The van der Waals surface area contributed by atoms with Crippen molar-refractivity contribution >= 4 is 15.9 Å². The molecule has 0 aromatic heterocycles. The Hall–Kier alpha value is -1.44. The molecular weight excluding hydrogens is 292 g/mol. The van der Waals surface area contributed by atoms with E-state index in [1.54, 1.807) is 19.2 Å². The van der Waals surface area contributed by atoms with Gasteiger partial charge in [0.15, 0.2) is 0 Å². The van der Waals surface area contributed by atoms with E-state index in [1.807, 2.05) is 0 Å². The number of nitrogens with one attached hydrogen (secondary N) is 2. The molecule has 1 aliphatic rings. The van der Waals surface area contributed by atoms with Crippen LogP contribution in [-0.2, 0) is 14.8 Å². The predicted molar refractivity (Wildman–Crippen MR) is 78.6 cm³/mol. The van der Waals surface area contributed by atoms with Gasteiger partial charge in [0.2, 0.25) is 10.0 Å². The van der Waals surface area contributed by atoms with Crippen molar-refractivity contribution in [3.8, 4) is 0 Å². The van der Waals surface area contributed by atoms with E-state index in [-0.39, 0.29) is 10.8 Å². The zero-order valence-corrected chi connectivity index (χ0v) is 12.8. The van der Waals surface area contributed by atoms with Gasteiger partial charge in [-0.15, -0.1) is 0 Å². The van der Waals surface area contributed by atoms with Gasteiger partial charge in [-0.3, -0.25) is 4.79 Å². The van der Waals surface area contributed by atoms with Crippen LogP contribution in [0, 0.1) is 5.92 Å². The minimum Gasteiger partial charge on any atom is -0.383 e. The fourth-order valence-electron chi connectivity index (χ4n) is 1.81. The lowest BCUT2D eigenvalue weighted by Gasteiger charge is -2.08. The van der Waals surface area contributed by atoms with Crippen molar-refractivity contribution in [1.82, 2.24) is 10.0 Å². The number of sulfonamides is 1. The highest BCUT2D eigenvalue weighted by Gasteiger charge is 2.24. The maximum Gasteiger partial charge on any atom is 0.251 e. The molecule has 7 heteroatoms. The lowest BCUT2D eigenvalue weighted by atomic mass is 10.2. The summed E-state index contributed by atoms with van der Waals surface area (Å²) < 4.78 is 31.7. The second-order valence-electron chi connectivity index (χ2n) is 5.07. The minimum absolute atomic E-state index is 0.113. The van der Waals surface area contributed by atoms with E-state index in [9.17, 15) is 13.2 Å². The number of carbonyl (C=O) groups is 1. The van der Waals surface area contributed by atoms with Gasteiger partial charge < -0.3 is 10.1 Å². The Morgan fingerprint density at radius 2 is 2.14 bits per heavy atom. The number of carbonyl (C=O) groups excluding carboxylic acids is 1. The highest BCUT2D eigenvalue weighted by atomic mass is 32.2. The van der Waals surface area contributed by atoms with Gasteiger partial charge in [-0.2, -0.15) is 0 Å². The van der Waals surface area contributed by atoms with Gasteiger partial charge in [0.1, 0.15) is 0 Å². The summed E-state index contributed by atoms with van der Waals surface area (Å²) >= 11 is 0. The third-order valence-corrected chi connectivity index (χ3v) is 4.68. The first-order valence-corrected chi connectivity index (χ1v) is 8.38. The Kier molecular flexibility index (Phi) is 5.33. The first-order valence-electron chi connectivity index (χ1n) is 6.90. The molecule has 0 aliphatic heterocycles. The van der Waals surface area contributed by atoms with Crippen LogP contribution in [0.4, 0.5) is 0 Å². The number of hydrogen-bond acceptors (Lipinski definition) is 4. The highest BCUT2D eigenvalue weighted by molar-refractivity contribution is 7.89. The molecule has 0 spiro atoms. The van der Waals surface area contributed by atoms with E-state index in [2.05, 4.69) is 10.0 Å². The van der Waals surface area contributed by atoms with Gasteiger partial charge in [-0.05, 0) is 37.0 Å². The molecule has 116 valence electrons. The number of rotatable bonds is 8. The van der Waals surface area contributed by atoms with Gasteiger partial charge in [0.25, 0.3) is 5.91 Å². The molecular formula is C14H20N2O4S. The summed E-state index contributed by atoms with van der Waals surface area (Å²) in [5.41, 5.74) is 0.320. The van der Waals surface area contributed by atoms with Crippen molar-refractivity contribution in [3.63, 3.8) is 0 Å². The third kappa shape index (κ3) is 4.80. The zero-order valence-electron chi connectivity index (χ0n) is 12.0. The van der Waals surface area contributed by atoms with Gasteiger partial charge >= 0.3 is 0 Å². The minimum atomic E-state index is -3.55. The van der Waals surface area contributed by atoms with Crippen molar-refractivity contribution in [1.29, 1.82) is 0 Å². The molecule has 0 radical (unpaired) electrons. The van der Waals surface area contributed by atoms with Crippen LogP contribution in [0.3, 0.4) is 0 Å². The second kappa shape index (κ2) is 7.02. The van der Waals surface area contributed by atoms with Crippen LogP contribution in [0.15, 0.2) is 29.2 Å². The van der Waals surface area contributed by atoms with Crippen LogP contribution in [0.2, 0.25) is 0 Å². The maximum atomic E-state index is 12.1. The first kappa shape index (κ1) is 15.9. The van der Waals surface area contributed by atoms with Crippen LogP contribution in [0.5, 0.6) is 0 Å². The smallest absolute Gasteiger partial charge is 0.251 e. The molecule has 0 bridgehead atoms. The van der Waals surface area contributed by atoms with Gasteiger partial charge in [0.05, 0.1) is 11.5 Å². The fourth-order valence-corrected chi connectivity index (χ4v) is 2.97. The number of methoxy groups -OCH3 is 1. The summed E-state index contributed by atoms with van der Waals surface area (Å²) in [6, 6.07) is 6.03. The van der Waals surface area contributed by atoms with Gasteiger partial charge in [-0.1, -0.05) is 6.07 Å². The molecule has 0 atom stereocenters. The highest BCUT2D eigenvalue weighted by Crippen LogP contribution is 2.28. The van der Waals surface area contributed by atoms with Crippen LogP contribution in [0.25, 0.3) is 0 Å². The Morgan fingerprint density at radius 1 is 1.38 bits per heavy atom. The third-order valence-electron chi connectivity index (χ3n) is 3.26. The molecule has 0 unspecified atom stereocenters. The zero-order chi connectivity index (χ0) is 15.3. The summed E-state index contributed by atoms with van der Waals surface area (Å²) in [5, 5.41) is 2.66. The van der Waals surface area contributed by atoms with Crippen molar-refractivity contribution in [2.45, 2.75) is 17.7 Å². The standard InChI is InChI=1S/C14H20N2O4S/c1-20-8-7-15-14(17)12-3-2-4-13(9-12)21(18,19)16-10-11-5-6-11/h2-4,9,11,16H,5-8,10H2,1H3,(H,15,17). The molecule has 1 saturated carbocycles. The van der Waals surface area contributed by atoms with Crippen LogP contribution in [-0.4, -0.2) is 41.1 Å². The van der Waals surface area contributed by atoms with Gasteiger partial charge in [0, 0.05) is 25.8 Å². The normalized spacial score (nSPS) is 14.9. The first-order chi connectivity index (χ1) is 10.0. The monoisotopic (exact) mass is 312 g/mol. The van der Waals surface area contributed by atoms with Crippen LogP contribution in [0.1, 0.15) is 23.2 Å². The van der Waals surface area contributed by atoms with E-state index in [1.165, 1.54) is 12.1 Å². The fraction of sp³-hybridized carbons (Fsp3) is 0.500. The van der Waals surface area contributed by atoms with E-state index in [0.717, 1.165) is 12.8 Å².